The number of rotatable bonds is 10. The van der Waals surface area contributed by atoms with Crippen LogP contribution < -0.4 is 10.6 Å². The van der Waals surface area contributed by atoms with Crippen molar-refractivity contribution in [1.29, 1.82) is 0 Å². The van der Waals surface area contributed by atoms with Crippen molar-refractivity contribution in [2.45, 2.75) is 101 Å². The number of carbonyl (C=O) groups excluding carboxylic acids is 4. The molecule has 356 valence electrons. The summed E-state index contributed by atoms with van der Waals surface area (Å²) in [7, 11) is 2.65. The van der Waals surface area contributed by atoms with Gasteiger partial charge >= 0.3 is 12.2 Å². The Morgan fingerprint density at radius 2 is 1.32 bits per heavy atom. The molecule has 1 saturated carbocycles. The van der Waals surface area contributed by atoms with Crippen molar-refractivity contribution in [3.8, 4) is 33.5 Å². The van der Waals surface area contributed by atoms with Crippen molar-refractivity contribution in [3.63, 3.8) is 0 Å². The molecule has 0 radical (unpaired) electrons. The van der Waals surface area contributed by atoms with Crippen LogP contribution in [0.15, 0.2) is 60.8 Å². The first-order valence-corrected chi connectivity index (χ1v) is 24.5. The smallest absolute Gasteiger partial charge is 0.407 e. The number of likely N-dealkylation sites (tertiary alicyclic amines) is 2. The number of methoxy groups -OCH3 is 2. The molecule has 3 aromatic carbocycles. The number of piperidine rings is 1. The maximum atomic E-state index is 14.5. The lowest BCUT2D eigenvalue weighted by Crippen LogP contribution is -2.55. The minimum atomic E-state index is -0.681. The zero-order valence-corrected chi connectivity index (χ0v) is 38.8. The number of aryl methyl sites for hydroxylation is 2. The van der Waals surface area contributed by atoms with Crippen LogP contribution in [0, 0.1) is 17.8 Å². The number of benzene rings is 3. The predicted molar refractivity (Wildman–Crippen MR) is 252 cm³/mol. The second-order valence-corrected chi connectivity index (χ2v) is 19.5. The van der Waals surface area contributed by atoms with E-state index >= 15 is 0 Å². The monoisotopic (exact) mass is 924 g/mol. The Labute approximate surface area is 395 Å². The molecule has 4 amide bonds. The summed E-state index contributed by atoms with van der Waals surface area (Å²) in [6.07, 6.45) is 9.84. The first-order chi connectivity index (χ1) is 33.2. The topological polar surface area (TPSA) is 193 Å². The SMILES string of the molecule is COC(=O)N[C@H](C(=O)N1CCC[C@H]1c1ncc(-c2ccc3c(c2)CCc2cc(-c4ccc5nc([C@@H]6[C@H]7CC[C@H](C7)N6C(=O)[C@@H](NC(=O)OC)C6CCOCC6)[nH]c5c4)ccc2-3)[nH]1)C1CCOCC1. The molecule has 16 heteroatoms. The van der Waals surface area contributed by atoms with Gasteiger partial charge in [-0.3, -0.25) is 9.59 Å². The van der Waals surface area contributed by atoms with E-state index in [1.165, 1.54) is 36.5 Å². The summed E-state index contributed by atoms with van der Waals surface area (Å²) in [5.41, 5.74) is 11.0. The molecule has 2 aliphatic carbocycles. The Balaban J connectivity index is 0.799. The number of imidazole rings is 2. The maximum Gasteiger partial charge on any atom is 0.407 e. The number of amides is 4. The molecule has 6 heterocycles. The quantitative estimate of drug-likeness (QED) is 0.110. The first kappa shape index (κ1) is 44.3. The summed E-state index contributed by atoms with van der Waals surface area (Å²) >= 11 is 0. The van der Waals surface area contributed by atoms with Gasteiger partial charge in [0.1, 0.15) is 23.7 Å². The van der Waals surface area contributed by atoms with Crippen LogP contribution in [0.5, 0.6) is 0 Å². The van der Waals surface area contributed by atoms with Crippen LogP contribution >= 0.6 is 0 Å². The van der Waals surface area contributed by atoms with Crippen LogP contribution in [-0.4, -0.2) is 119 Å². The Hall–Kier alpha value is -6.26. The molecule has 4 aliphatic heterocycles. The predicted octanol–water partition coefficient (Wildman–Crippen LogP) is 7.40. The largest absolute Gasteiger partial charge is 0.453 e. The third kappa shape index (κ3) is 8.28. The number of aromatic nitrogens is 4. The van der Waals surface area contributed by atoms with Gasteiger partial charge in [-0.2, -0.15) is 0 Å². The maximum absolute atomic E-state index is 14.5. The highest BCUT2D eigenvalue weighted by Crippen LogP contribution is 2.50. The molecule has 6 atom stereocenters. The van der Waals surface area contributed by atoms with Gasteiger partial charge < -0.3 is 49.3 Å². The van der Waals surface area contributed by atoms with E-state index in [0.29, 0.717) is 64.6 Å². The van der Waals surface area contributed by atoms with Gasteiger partial charge in [0, 0.05) is 39.0 Å². The van der Waals surface area contributed by atoms with Gasteiger partial charge in [0.2, 0.25) is 11.8 Å². The van der Waals surface area contributed by atoms with Crippen molar-refractivity contribution in [3.05, 3.63) is 83.6 Å². The van der Waals surface area contributed by atoms with Gasteiger partial charge in [0.25, 0.3) is 0 Å². The fourth-order valence-electron chi connectivity index (χ4n) is 12.3. The van der Waals surface area contributed by atoms with Gasteiger partial charge in [0.15, 0.2) is 0 Å². The summed E-state index contributed by atoms with van der Waals surface area (Å²) in [4.78, 5) is 74.5. The number of nitrogens with zero attached hydrogens (tertiary/aromatic N) is 4. The fraction of sp³-hybridized carbons (Fsp3) is 0.500. The van der Waals surface area contributed by atoms with E-state index in [1.807, 2.05) is 16.0 Å². The molecule has 5 aromatic rings. The lowest BCUT2D eigenvalue weighted by Gasteiger charge is -2.39. The lowest BCUT2D eigenvalue weighted by molar-refractivity contribution is -0.140. The molecule has 6 aliphatic rings. The van der Waals surface area contributed by atoms with Crippen LogP contribution in [0.2, 0.25) is 0 Å². The number of aromatic amines is 2. The van der Waals surface area contributed by atoms with Crippen molar-refractivity contribution in [2.24, 2.45) is 17.8 Å². The van der Waals surface area contributed by atoms with E-state index in [9.17, 15) is 19.2 Å². The number of H-pyrrole nitrogens is 2. The van der Waals surface area contributed by atoms with Crippen LogP contribution in [0.4, 0.5) is 9.59 Å². The molecule has 16 nitrogen and oxygen atoms in total. The van der Waals surface area contributed by atoms with Crippen LogP contribution in [-0.2, 0) is 41.4 Å². The average molecular weight is 925 g/mol. The standard InChI is InChI=1S/C52H60N8O8/c1-65-51(63)57-44(29-15-20-67-21-16-29)49(61)59-19-3-4-43(59)47-53-28-42(56-47)35-9-13-39-34(25-35)6-5-33-24-31(8-12-38(33)39)32-10-14-40-41(27-32)55-48(54-40)46-36-7-11-37(26-36)60(46)50(62)45(58-52(64)66-2)30-17-22-68-23-18-30/h8-10,12-14,24-25,27-30,36-37,43-46H,3-7,11,15-23,26H2,1-2H3,(H,53,56)(H,54,55)(H,57,63)(H,58,64)/t36-,37+,43-,44-,45-,46-/m0/s1. The fourth-order valence-corrected chi connectivity index (χ4v) is 12.3. The Kier molecular flexibility index (Phi) is 12.2. The first-order valence-electron chi connectivity index (χ1n) is 24.5. The van der Waals surface area contributed by atoms with Crippen molar-refractivity contribution in [1.82, 2.24) is 40.4 Å². The van der Waals surface area contributed by atoms with Crippen LogP contribution in [0.1, 0.15) is 92.6 Å². The molecule has 68 heavy (non-hydrogen) atoms. The second kappa shape index (κ2) is 18.7. The molecule has 11 rings (SSSR count). The highest BCUT2D eigenvalue weighted by Gasteiger charge is 2.52. The molecule has 0 unspecified atom stereocenters. The molecule has 4 saturated heterocycles. The number of fused-ring (bicyclic) bond motifs is 6. The van der Waals surface area contributed by atoms with Crippen LogP contribution in [0.25, 0.3) is 44.5 Å². The number of hydrogen-bond donors (Lipinski definition) is 4. The van der Waals surface area contributed by atoms with Crippen LogP contribution in [0.3, 0.4) is 0 Å². The van der Waals surface area contributed by atoms with Gasteiger partial charge in [-0.25, -0.2) is 19.6 Å². The summed E-state index contributed by atoms with van der Waals surface area (Å²) < 4.78 is 21.0. The normalized spacial score (nSPS) is 23.5. The molecule has 5 fully saturated rings. The van der Waals surface area contributed by atoms with Crippen molar-refractivity contribution in [2.75, 3.05) is 47.2 Å². The number of ether oxygens (including phenoxy) is 4. The third-order valence-electron chi connectivity index (χ3n) is 15.8. The van der Waals surface area contributed by atoms with E-state index in [-0.39, 0.29) is 41.8 Å². The average Bonchev–Trinajstić information content (AvgIpc) is 4.26. The summed E-state index contributed by atoms with van der Waals surface area (Å²) in [5.74, 6) is 1.64. The third-order valence-corrected chi connectivity index (χ3v) is 15.8. The minimum Gasteiger partial charge on any atom is -0.453 e. The van der Waals surface area contributed by atoms with E-state index in [0.717, 1.165) is 90.0 Å². The summed E-state index contributed by atoms with van der Waals surface area (Å²) in [6.45, 7) is 2.86. The highest BCUT2D eigenvalue weighted by molar-refractivity contribution is 5.89. The Morgan fingerprint density at radius 3 is 2.00 bits per heavy atom. The number of carbonyl (C=O) groups is 4. The molecule has 0 spiro atoms. The van der Waals surface area contributed by atoms with Gasteiger partial charge in [-0.15, -0.1) is 0 Å². The molecular formula is C52H60N8O8. The van der Waals surface area contributed by atoms with E-state index in [4.69, 9.17) is 28.9 Å². The van der Waals surface area contributed by atoms with Crippen molar-refractivity contribution >= 4 is 35.0 Å². The van der Waals surface area contributed by atoms with E-state index in [1.54, 1.807) is 0 Å². The minimum absolute atomic E-state index is 0.0248. The molecule has 2 bridgehead atoms. The zero-order valence-electron chi connectivity index (χ0n) is 38.8. The number of alkyl carbamates (subject to hydrolysis) is 2. The lowest BCUT2D eigenvalue weighted by atomic mass is 9.83. The van der Waals surface area contributed by atoms with Gasteiger partial charge in [-0.1, -0.05) is 36.4 Å². The van der Waals surface area contributed by atoms with Gasteiger partial charge in [0.05, 0.1) is 49.2 Å². The number of nitrogens with one attached hydrogen (secondary N) is 4. The zero-order chi connectivity index (χ0) is 46.5. The summed E-state index contributed by atoms with van der Waals surface area (Å²) in [6, 6.07) is 18.1. The molecule has 4 N–H and O–H groups in total. The number of hydrogen-bond acceptors (Lipinski definition) is 10. The van der Waals surface area contributed by atoms with Crippen molar-refractivity contribution < 1.29 is 38.1 Å². The second-order valence-electron chi connectivity index (χ2n) is 19.5. The Bertz CT molecular complexity index is 2720. The molecular weight excluding hydrogens is 865 g/mol. The van der Waals surface area contributed by atoms with E-state index < -0.39 is 24.3 Å². The summed E-state index contributed by atoms with van der Waals surface area (Å²) in [5, 5.41) is 5.73. The van der Waals surface area contributed by atoms with E-state index in [2.05, 4.69) is 75.2 Å². The molecule has 2 aromatic heterocycles. The Morgan fingerprint density at radius 1 is 0.706 bits per heavy atom. The highest BCUT2D eigenvalue weighted by atomic mass is 16.5. The van der Waals surface area contributed by atoms with Gasteiger partial charge in [-0.05, 0) is 146 Å².